The summed E-state index contributed by atoms with van der Waals surface area (Å²) in [5.41, 5.74) is 0.552. The summed E-state index contributed by atoms with van der Waals surface area (Å²) in [4.78, 5) is 16.7. The maximum absolute atomic E-state index is 12.7. The van der Waals surface area contributed by atoms with Crippen molar-refractivity contribution in [2.75, 3.05) is 34.0 Å². The van der Waals surface area contributed by atoms with Crippen LogP contribution in [0.15, 0.2) is 12.1 Å². The second kappa shape index (κ2) is 5.39. The molecule has 2 unspecified atom stereocenters. The number of amides is 1. The average molecular weight is 311 g/mol. The number of rotatable bonds is 2. The number of likely N-dealkylation sites (tertiary alicyclic amines) is 1. The summed E-state index contributed by atoms with van der Waals surface area (Å²) < 4.78 is 10.6. The lowest BCUT2D eigenvalue weighted by Crippen LogP contribution is -2.35. The van der Waals surface area contributed by atoms with Crippen LogP contribution in [0.3, 0.4) is 0 Å². The molecule has 1 aromatic carbocycles. The average Bonchev–Trinajstić information content (AvgIpc) is 3.04. The molecular weight excluding hydrogens is 292 g/mol. The van der Waals surface area contributed by atoms with Crippen molar-refractivity contribution >= 4 is 17.5 Å². The lowest BCUT2D eigenvalue weighted by atomic mass is 10.1. The van der Waals surface area contributed by atoms with Gasteiger partial charge in [0.05, 0.1) is 5.02 Å². The van der Waals surface area contributed by atoms with Gasteiger partial charge in [-0.2, -0.15) is 0 Å². The van der Waals surface area contributed by atoms with Crippen LogP contribution in [-0.4, -0.2) is 55.7 Å². The van der Waals surface area contributed by atoms with Gasteiger partial charge in [0.2, 0.25) is 6.79 Å². The molecule has 2 atom stereocenters. The predicted molar refractivity (Wildman–Crippen MR) is 80.1 cm³/mol. The van der Waals surface area contributed by atoms with Gasteiger partial charge in [0, 0.05) is 24.7 Å². The van der Waals surface area contributed by atoms with Crippen LogP contribution in [0.1, 0.15) is 17.3 Å². The molecule has 21 heavy (non-hydrogen) atoms. The van der Waals surface area contributed by atoms with Crippen molar-refractivity contribution in [2.45, 2.75) is 13.0 Å². The zero-order valence-corrected chi connectivity index (χ0v) is 13.2. The monoisotopic (exact) mass is 310 g/mol. The summed E-state index contributed by atoms with van der Waals surface area (Å²) in [5.74, 6) is 1.51. The van der Waals surface area contributed by atoms with Crippen molar-refractivity contribution in [1.82, 2.24) is 9.80 Å². The third kappa shape index (κ3) is 2.56. The Labute approximate surface area is 129 Å². The van der Waals surface area contributed by atoms with Crippen LogP contribution < -0.4 is 9.47 Å². The minimum Gasteiger partial charge on any atom is -0.454 e. The van der Waals surface area contributed by atoms with Crippen LogP contribution >= 0.6 is 11.6 Å². The van der Waals surface area contributed by atoms with Crippen LogP contribution in [0.2, 0.25) is 5.02 Å². The summed E-state index contributed by atoms with van der Waals surface area (Å²) in [6.07, 6.45) is 0. The van der Waals surface area contributed by atoms with Gasteiger partial charge in [-0.25, -0.2) is 0 Å². The Hall–Kier alpha value is -1.46. The second-order valence-electron chi connectivity index (χ2n) is 5.91. The van der Waals surface area contributed by atoms with Gasteiger partial charge in [-0.15, -0.1) is 0 Å². The molecule has 2 aliphatic rings. The standard InChI is InChI=1S/C15H19ClN2O3/c1-9-6-18(7-12(9)17(2)3)15(19)10-4-11(16)14-13(5-10)20-8-21-14/h4-5,9,12H,6-8H2,1-3H3. The van der Waals surface area contributed by atoms with Gasteiger partial charge in [0.25, 0.3) is 5.91 Å². The molecule has 0 aliphatic carbocycles. The molecule has 2 aliphatic heterocycles. The SMILES string of the molecule is CC1CN(C(=O)c2cc(Cl)c3c(c2)OCO3)CC1N(C)C. The summed E-state index contributed by atoms with van der Waals surface area (Å²) >= 11 is 6.15. The van der Waals surface area contributed by atoms with Gasteiger partial charge in [-0.1, -0.05) is 18.5 Å². The molecule has 1 saturated heterocycles. The number of ether oxygens (including phenoxy) is 2. The fourth-order valence-corrected chi connectivity index (χ4v) is 3.33. The normalized spacial score (nSPS) is 24.0. The first kappa shape index (κ1) is 14.5. The molecule has 114 valence electrons. The van der Waals surface area contributed by atoms with Gasteiger partial charge in [0.1, 0.15) is 0 Å². The van der Waals surface area contributed by atoms with Crippen molar-refractivity contribution in [3.05, 3.63) is 22.7 Å². The molecule has 5 nitrogen and oxygen atoms in total. The van der Waals surface area contributed by atoms with E-state index in [9.17, 15) is 4.79 Å². The van der Waals surface area contributed by atoms with Crippen LogP contribution in [0.5, 0.6) is 11.5 Å². The fourth-order valence-electron chi connectivity index (χ4n) is 3.06. The zero-order valence-electron chi connectivity index (χ0n) is 12.4. The second-order valence-corrected chi connectivity index (χ2v) is 6.32. The molecule has 0 spiro atoms. The molecule has 1 amide bonds. The fraction of sp³-hybridized carbons (Fsp3) is 0.533. The molecule has 6 heteroatoms. The number of nitrogens with zero attached hydrogens (tertiary/aromatic N) is 2. The first-order valence-corrected chi connectivity index (χ1v) is 7.40. The number of likely N-dealkylation sites (N-methyl/N-ethyl adjacent to an activating group) is 1. The third-order valence-corrected chi connectivity index (χ3v) is 4.48. The lowest BCUT2D eigenvalue weighted by Gasteiger charge is -2.22. The number of hydrogen-bond donors (Lipinski definition) is 0. The van der Waals surface area contributed by atoms with Gasteiger partial charge >= 0.3 is 0 Å². The Morgan fingerprint density at radius 1 is 1.33 bits per heavy atom. The van der Waals surface area contributed by atoms with Crippen molar-refractivity contribution < 1.29 is 14.3 Å². The van der Waals surface area contributed by atoms with E-state index in [-0.39, 0.29) is 12.7 Å². The highest BCUT2D eigenvalue weighted by atomic mass is 35.5. The Kier molecular flexibility index (Phi) is 3.71. The zero-order chi connectivity index (χ0) is 15.1. The van der Waals surface area contributed by atoms with Gasteiger partial charge in [0.15, 0.2) is 11.5 Å². The van der Waals surface area contributed by atoms with Crippen molar-refractivity contribution in [2.24, 2.45) is 5.92 Å². The Morgan fingerprint density at radius 3 is 2.76 bits per heavy atom. The third-order valence-electron chi connectivity index (χ3n) is 4.20. The summed E-state index contributed by atoms with van der Waals surface area (Å²) in [6.45, 7) is 3.81. The van der Waals surface area contributed by atoms with E-state index < -0.39 is 0 Å². The lowest BCUT2D eigenvalue weighted by molar-refractivity contribution is 0.0781. The number of benzene rings is 1. The van der Waals surface area contributed by atoms with E-state index in [0.29, 0.717) is 34.0 Å². The number of carbonyl (C=O) groups excluding carboxylic acids is 1. The van der Waals surface area contributed by atoms with Gasteiger partial charge in [-0.3, -0.25) is 4.79 Å². The van der Waals surface area contributed by atoms with E-state index in [2.05, 4.69) is 11.8 Å². The number of fused-ring (bicyclic) bond motifs is 1. The number of hydrogen-bond acceptors (Lipinski definition) is 4. The molecule has 0 radical (unpaired) electrons. The van der Waals surface area contributed by atoms with Gasteiger partial charge < -0.3 is 19.3 Å². The van der Waals surface area contributed by atoms with Crippen LogP contribution in [0.4, 0.5) is 0 Å². The Morgan fingerprint density at radius 2 is 2.10 bits per heavy atom. The highest BCUT2D eigenvalue weighted by Gasteiger charge is 2.34. The smallest absolute Gasteiger partial charge is 0.254 e. The molecule has 0 aromatic heterocycles. The first-order valence-electron chi connectivity index (χ1n) is 7.02. The summed E-state index contributed by atoms with van der Waals surface area (Å²) in [6, 6.07) is 3.76. The van der Waals surface area contributed by atoms with Crippen molar-refractivity contribution in [1.29, 1.82) is 0 Å². The van der Waals surface area contributed by atoms with E-state index >= 15 is 0 Å². The molecule has 0 saturated carbocycles. The molecule has 0 bridgehead atoms. The highest BCUT2D eigenvalue weighted by Crippen LogP contribution is 2.40. The molecule has 3 rings (SSSR count). The molecule has 1 aromatic rings. The van der Waals surface area contributed by atoms with Crippen molar-refractivity contribution in [3.63, 3.8) is 0 Å². The van der Waals surface area contributed by atoms with E-state index in [4.69, 9.17) is 21.1 Å². The van der Waals surface area contributed by atoms with E-state index in [1.807, 2.05) is 19.0 Å². The first-order chi connectivity index (χ1) is 9.97. The largest absolute Gasteiger partial charge is 0.454 e. The maximum atomic E-state index is 12.7. The van der Waals surface area contributed by atoms with Crippen LogP contribution in [-0.2, 0) is 0 Å². The van der Waals surface area contributed by atoms with Gasteiger partial charge in [-0.05, 0) is 32.1 Å². The van der Waals surface area contributed by atoms with Crippen LogP contribution in [0.25, 0.3) is 0 Å². The van der Waals surface area contributed by atoms with E-state index in [1.165, 1.54) is 0 Å². The maximum Gasteiger partial charge on any atom is 0.254 e. The highest BCUT2D eigenvalue weighted by molar-refractivity contribution is 6.32. The molecule has 2 heterocycles. The molecule has 1 fully saturated rings. The Bertz CT molecular complexity index is 576. The predicted octanol–water partition coefficient (Wildman–Crippen LogP) is 2.09. The number of carbonyl (C=O) groups is 1. The quantitative estimate of drug-likeness (QED) is 0.839. The minimum atomic E-state index is -0.00796. The van der Waals surface area contributed by atoms with E-state index in [0.717, 1.165) is 13.1 Å². The molecular formula is C15H19ClN2O3. The topological polar surface area (TPSA) is 42.0 Å². The van der Waals surface area contributed by atoms with Crippen LogP contribution in [0, 0.1) is 5.92 Å². The Balaban J connectivity index is 1.82. The van der Waals surface area contributed by atoms with Crippen molar-refractivity contribution in [3.8, 4) is 11.5 Å². The van der Waals surface area contributed by atoms with E-state index in [1.54, 1.807) is 12.1 Å². The molecule has 0 N–H and O–H groups in total. The summed E-state index contributed by atoms with van der Waals surface area (Å²) in [7, 11) is 4.10. The minimum absolute atomic E-state index is 0.00796. The summed E-state index contributed by atoms with van der Waals surface area (Å²) in [5, 5.41) is 0.421. The number of halogens is 1.